The van der Waals surface area contributed by atoms with Crippen molar-refractivity contribution in [3.8, 4) is 0 Å². The van der Waals surface area contributed by atoms with Gasteiger partial charge in [-0.1, -0.05) is 18.2 Å². The molecule has 7 nitrogen and oxygen atoms in total. The van der Waals surface area contributed by atoms with Crippen molar-refractivity contribution in [2.24, 2.45) is 0 Å². The second-order valence-corrected chi connectivity index (χ2v) is 8.56. The Morgan fingerprint density at radius 3 is 2.52 bits per heavy atom. The summed E-state index contributed by atoms with van der Waals surface area (Å²) in [6.07, 6.45) is 0.685. The fraction of sp³-hybridized carbons (Fsp3) is 0.435. The first kappa shape index (κ1) is 22.9. The maximum absolute atomic E-state index is 14.7. The molecule has 2 aromatic rings. The summed E-state index contributed by atoms with van der Waals surface area (Å²) in [4.78, 5) is 21.5. The van der Waals surface area contributed by atoms with E-state index < -0.39 is 30.1 Å². The molecule has 0 bridgehead atoms. The van der Waals surface area contributed by atoms with E-state index in [-0.39, 0.29) is 29.2 Å². The van der Waals surface area contributed by atoms with Gasteiger partial charge in [0.05, 0.1) is 29.3 Å². The van der Waals surface area contributed by atoms with Gasteiger partial charge in [-0.3, -0.25) is 4.79 Å². The number of hydrogen-bond donors (Lipinski definition) is 2. The molecule has 2 N–H and O–H groups in total. The zero-order valence-corrected chi connectivity index (χ0v) is 18.5. The van der Waals surface area contributed by atoms with E-state index in [0.717, 1.165) is 18.9 Å². The van der Waals surface area contributed by atoms with E-state index in [2.05, 4.69) is 20.6 Å². The van der Waals surface area contributed by atoms with Crippen molar-refractivity contribution in [3.63, 3.8) is 0 Å². The maximum atomic E-state index is 14.7. The van der Waals surface area contributed by atoms with Crippen molar-refractivity contribution >= 4 is 11.7 Å². The van der Waals surface area contributed by atoms with E-state index in [4.69, 9.17) is 9.47 Å². The van der Waals surface area contributed by atoms with Crippen LogP contribution in [0.3, 0.4) is 0 Å². The van der Waals surface area contributed by atoms with E-state index in [1.165, 1.54) is 24.7 Å². The van der Waals surface area contributed by atoms with Crippen LogP contribution < -0.4 is 10.6 Å². The Bertz CT molecular complexity index is 1080. The topological polar surface area (TPSA) is 85.4 Å². The Hall–Kier alpha value is -3.30. The molecule has 1 saturated carbocycles. The van der Waals surface area contributed by atoms with Crippen molar-refractivity contribution in [3.05, 3.63) is 64.7 Å². The van der Waals surface area contributed by atoms with Crippen LogP contribution in [0, 0.1) is 12.7 Å². The molecule has 1 amide bonds. The number of benzene rings is 1. The standard InChI is InChI=1S/C23H25F3N4O3/c1-12(14-5-4-6-15(19(14)24)20(25)26)27-21-18(22-32-9-10-33-22)16(28-13(2)29-21)11-17(31)30-23(3)7-8-23/h4-6,9-10,12,20,22H,7-8,11H2,1-3H3,(H,30,31)(H,27,28,29)/t12-/m1/s1. The third-order valence-corrected chi connectivity index (χ3v) is 5.71. The van der Waals surface area contributed by atoms with Gasteiger partial charge in [0.1, 0.15) is 30.0 Å². The predicted octanol–water partition coefficient (Wildman–Crippen LogP) is 4.76. The summed E-state index contributed by atoms with van der Waals surface area (Å²) in [7, 11) is 0. The minimum atomic E-state index is -2.93. The molecule has 0 radical (unpaired) electrons. The number of amides is 1. The molecule has 0 spiro atoms. The summed E-state index contributed by atoms with van der Waals surface area (Å²) < 4.78 is 52.0. The Morgan fingerprint density at radius 1 is 1.21 bits per heavy atom. The van der Waals surface area contributed by atoms with Crippen LogP contribution in [0.15, 0.2) is 30.7 Å². The molecule has 176 valence electrons. The van der Waals surface area contributed by atoms with Crippen LogP contribution in [-0.2, 0) is 20.7 Å². The fourth-order valence-electron chi connectivity index (χ4n) is 3.71. The molecule has 1 aliphatic carbocycles. The molecule has 1 aromatic carbocycles. The van der Waals surface area contributed by atoms with E-state index in [1.54, 1.807) is 13.8 Å². The van der Waals surface area contributed by atoms with Crippen molar-refractivity contribution in [2.45, 2.75) is 64.3 Å². The summed E-state index contributed by atoms with van der Waals surface area (Å²) in [5.74, 6) is -0.533. The van der Waals surface area contributed by atoms with Crippen LogP contribution >= 0.6 is 0 Å². The zero-order chi connectivity index (χ0) is 23.8. The monoisotopic (exact) mass is 462 g/mol. The summed E-state index contributed by atoms with van der Waals surface area (Å²) in [6.45, 7) is 5.26. The number of nitrogens with one attached hydrogen (secondary N) is 2. The Labute approximate surface area is 189 Å². The number of nitrogens with zero attached hydrogens (tertiary/aromatic N) is 2. The molecule has 2 heterocycles. The molecule has 1 fully saturated rings. The first-order chi connectivity index (χ1) is 15.7. The minimum Gasteiger partial charge on any atom is -0.455 e. The number of rotatable bonds is 8. The first-order valence-electron chi connectivity index (χ1n) is 10.6. The second-order valence-electron chi connectivity index (χ2n) is 8.56. The van der Waals surface area contributed by atoms with Crippen LogP contribution in [0.1, 0.15) is 73.7 Å². The molecule has 2 aliphatic rings. The van der Waals surface area contributed by atoms with E-state index in [1.807, 2.05) is 6.92 Å². The van der Waals surface area contributed by atoms with Gasteiger partial charge in [-0.25, -0.2) is 23.1 Å². The highest BCUT2D eigenvalue weighted by Gasteiger charge is 2.39. The predicted molar refractivity (Wildman–Crippen MR) is 114 cm³/mol. The average molecular weight is 462 g/mol. The second kappa shape index (κ2) is 8.92. The third kappa shape index (κ3) is 5.04. The molecule has 4 rings (SSSR count). The molecule has 0 unspecified atom stereocenters. The van der Waals surface area contributed by atoms with Crippen LogP contribution in [0.2, 0.25) is 0 Å². The number of carbonyl (C=O) groups excluding carboxylic acids is 1. The lowest BCUT2D eigenvalue weighted by Gasteiger charge is -2.23. The average Bonchev–Trinajstić information content (AvgIpc) is 3.21. The molecule has 10 heteroatoms. The van der Waals surface area contributed by atoms with Gasteiger partial charge in [0, 0.05) is 11.1 Å². The van der Waals surface area contributed by atoms with Gasteiger partial charge >= 0.3 is 0 Å². The minimum absolute atomic E-state index is 0.0320. The Balaban J connectivity index is 1.66. The molecule has 1 atom stereocenters. The number of alkyl halides is 2. The maximum Gasteiger partial charge on any atom is 0.271 e. The number of ether oxygens (including phenoxy) is 2. The summed E-state index contributed by atoms with van der Waals surface area (Å²) in [5.41, 5.74) is -0.0158. The number of aryl methyl sites for hydroxylation is 1. The lowest BCUT2D eigenvalue weighted by atomic mass is 10.0. The highest BCUT2D eigenvalue weighted by Crippen LogP contribution is 2.36. The fourth-order valence-corrected chi connectivity index (χ4v) is 3.71. The van der Waals surface area contributed by atoms with Crippen LogP contribution in [0.5, 0.6) is 0 Å². The summed E-state index contributed by atoms with van der Waals surface area (Å²) in [5, 5.41) is 6.06. The number of halogens is 3. The van der Waals surface area contributed by atoms with Crippen molar-refractivity contribution in [2.75, 3.05) is 5.32 Å². The van der Waals surface area contributed by atoms with Crippen molar-refractivity contribution in [1.82, 2.24) is 15.3 Å². The highest BCUT2D eigenvalue weighted by molar-refractivity contribution is 5.80. The van der Waals surface area contributed by atoms with E-state index in [0.29, 0.717) is 17.1 Å². The quantitative estimate of drug-likeness (QED) is 0.588. The van der Waals surface area contributed by atoms with Gasteiger partial charge in [0.25, 0.3) is 12.7 Å². The molecule has 1 aromatic heterocycles. The van der Waals surface area contributed by atoms with E-state index in [9.17, 15) is 18.0 Å². The van der Waals surface area contributed by atoms with Crippen LogP contribution in [0.4, 0.5) is 19.0 Å². The molecular formula is C23H25F3N4O3. The molecule has 33 heavy (non-hydrogen) atoms. The lowest BCUT2D eigenvalue weighted by molar-refractivity contribution is -0.121. The molecule has 1 aliphatic heterocycles. The van der Waals surface area contributed by atoms with Crippen LogP contribution in [0.25, 0.3) is 0 Å². The Kier molecular flexibility index (Phi) is 6.18. The number of aromatic nitrogens is 2. The van der Waals surface area contributed by atoms with Crippen molar-refractivity contribution < 1.29 is 27.4 Å². The van der Waals surface area contributed by atoms with Gasteiger partial charge in [0.15, 0.2) is 0 Å². The molecular weight excluding hydrogens is 437 g/mol. The summed E-state index contributed by atoms with van der Waals surface area (Å²) in [6, 6.07) is 3.14. The summed E-state index contributed by atoms with van der Waals surface area (Å²) >= 11 is 0. The van der Waals surface area contributed by atoms with Crippen LogP contribution in [-0.4, -0.2) is 21.4 Å². The van der Waals surface area contributed by atoms with Gasteiger partial charge in [-0.15, -0.1) is 0 Å². The first-order valence-corrected chi connectivity index (χ1v) is 10.6. The Morgan fingerprint density at radius 2 is 1.88 bits per heavy atom. The largest absolute Gasteiger partial charge is 0.455 e. The molecule has 0 saturated heterocycles. The SMILES string of the molecule is Cc1nc(CC(=O)NC2(C)CC2)c(C2OC=CO2)c(N[C@H](C)c2cccc(C(F)F)c2F)n1. The van der Waals surface area contributed by atoms with Gasteiger partial charge in [0.2, 0.25) is 5.91 Å². The lowest BCUT2D eigenvalue weighted by Crippen LogP contribution is -2.36. The van der Waals surface area contributed by atoms with Gasteiger partial charge in [-0.2, -0.15) is 0 Å². The van der Waals surface area contributed by atoms with E-state index >= 15 is 0 Å². The highest BCUT2D eigenvalue weighted by atomic mass is 19.3. The smallest absolute Gasteiger partial charge is 0.271 e. The number of carbonyl (C=O) groups is 1. The number of anilines is 1. The third-order valence-electron chi connectivity index (χ3n) is 5.71. The number of hydrogen-bond acceptors (Lipinski definition) is 6. The van der Waals surface area contributed by atoms with Gasteiger partial charge in [-0.05, 0) is 33.6 Å². The zero-order valence-electron chi connectivity index (χ0n) is 18.5. The van der Waals surface area contributed by atoms with Gasteiger partial charge < -0.3 is 20.1 Å². The van der Waals surface area contributed by atoms with Crippen molar-refractivity contribution in [1.29, 1.82) is 0 Å². The normalized spacial score (nSPS) is 17.4.